The van der Waals surface area contributed by atoms with E-state index in [1.165, 1.54) is 25.2 Å². The molecule has 0 aromatic rings. The van der Waals surface area contributed by atoms with Crippen molar-refractivity contribution in [3.63, 3.8) is 0 Å². The summed E-state index contributed by atoms with van der Waals surface area (Å²) in [7, 11) is 0. The minimum atomic E-state index is -4.36. The minimum absolute atomic E-state index is 0.338. The van der Waals surface area contributed by atoms with Crippen LogP contribution in [0.4, 0.5) is 13.2 Å². The molecule has 2 unspecified atom stereocenters. The van der Waals surface area contributed by atoms with Crippen LogP contribution in [0.15, 0.2) is 24.3 Å². The van der Waals surface area contributed by atoms with Crippen LogP contribution in [0.5, 0.6) is 0 Å². The van der Waals surface area contributed by atoms with Gasteiger partial charge in [-0.25, -0.2) is 0 Å². The fourth-order valence-corrected chi connectivity index (χ4v) is 1.32. The van der Waals surface area contributed by atoms with Crippen molar-refractivity contribution in [2.45, 2.75) is 13.1 Å². The van der Waals surface area contributed by atoms with Gasteiger partial charge in [-0.15, -0.1) is 0 Å². The van der Waals surface area contributed by atoms with Crippen LogP contribution in [0, 0.1) is 11.3 Å². The maximum absolute atomic E-state index is 12.4. The molecule has 1 rings (SSSR count). The van der Waals surface area contributed by atoms with Crippen LogP contribution < -0.4 is 0 Å². The number of alkyl halides is 3. The Hall–Kier alpha value is -1.06. The van der Waals surface area contributed by atoms with Crippen molar-refractivity contribution in [2.24, 2.45) is 11.3 Å². The quantitative estimate of drug-likeness (QED) is 0.580. The maximum Gasteiger partial charge on any atom is 0.396 e. The molecular weight excluding hydrogens is 181 g/mol. The molecule has 0 aliphatic heterocycles. The molecule has 0 saturated carbocycles. The molecule has 0 aromatic carbocycles. The molecule has 1 nitrogen and oxygen atoms in total. The summed E-state index contributed by atoms with van der Waals surface area (Å²) in [5.41, 5.74) is -1.45. The summed E-state index contributed by atoms with van der Waals surface area (Å²) in [5.74, 6) is -1.71. The van der Waals surface area contributed by atoms with E-state index in [0.717, 1.165) is 6.08 Å². The number of allylic oxidation sites excluding steroid dienone is 4. The summed E-state index contributed by atoms with van der Waals surface area (Å²) in [5, 5.41) is 0. The second-order valence-electron chi connectivity index (χ2n) is 3.25. The Morgan fingerprint density at radius 3 is 2.38 bits per heavy atom. The van der Waals surface area contributed by atoms with Crippen LogP contribution >= 0.6 is 0 Å². The average molecular weight is 190 g/mol. The standard InChI is InChI=1S/C9H9F3O/c1-8(6-13)5-3-2-4-7(8)9(10,11)12/h2-7H,1H3. The molecule has 0 fully saturated rings. The Balaban J connectivity index is 3.03. The molecule has 0 bridgehead atoms. The molecule has 0 saturated heterocycles. The predicted molar refractivity (Wildman–Crippen MR) is 42.0 cm³/mol. The lowest BCUT2D eigenvalue weighted by atomic mass is 9.75. The van der Waals surface area contributed by atoms with Crippen molar-refractivity contribution in [3.8, 4) is 0 Å². The molecule has 1 aliphatic rings. The Labute approximate surface area is 73.9 Å². The van der Waals surface area contributed by atoms with E-state index in [1.54, 1.807) is 0 Å². The number of hydrogen-bond donors (Lipinski definition) is 0. The van der Waals surface area contributed by atoms with Gasteiger partial charge in [-0.1, -0.05) is 24.3 Å². The van der Waals surface area contributed by atoms with Crippen LogP contribution in [-0.4, -0.2) is 12.5 Å². The van der Waals surface area contributed by atoms with Gasteiger partial charge >= 0.3 is 6.18 Å². The van der Waals surface area contributed by atoms with Crippen LogP contribution in [-0.2, 0) is 4.79 Å². The summed E-state index contributed by atoms with van der Waals surface area (Å²) in [6, 6.07) is 0. The molecule has 0 heterocycles. The highest BCUT2D eigenvalue weighted by Crippen LogP contribution is 2.42. The Bertz CT molecular complexity index is 265. The summed E-state index contributed by atoms with van der Waals surface area (Å²) in [4.78, 5) is 10.6. The predicted octanol–water partition coefficient (Wildman–Crippen LogP) is 2.50. The molecule has 0 N–H and O–H groups in total. The molecule has 1 aliphatic carbocycles. The Kier molecular flexibility index (Phi) is 2.32. The van der Waals surface area contributed by atoms with Crippen molar-refractivity contribution >= 4 is 6.29 Å². The van der Waals surface area contributed by atoms with Crippen molar-refractivity contribution in [2.75, 3.05) is 0 Å². The molecule has 13 heavy (non-hydrogen) atoms. The molecule has 4 heteroatoms. The fourth-order valence-electron chi connectivity index (χ4n) is 1.32. The number of rotatable bonds is 1. The van der Waals surface area contributed by atoms with Crippen molar-refractivity contribution in [3.05, 3.63) is 24.3 Å². The van der Waals surface area contributed by atoms with Crippen LogP contribution in [0.2, 0.25) is 0 Å². The van der Waals surface area contributed by atoms with Gasteiger partial charge in [0.05, 0.1) is 11.3 Å². The van der Waals surface area contributed by atoms with Gasteiger partial charge < -0.3 is 4.79 Å². The first-order chi connectivity index (χ1) is 5.90. The van der Waals surface area contributed by atoms with Crippen LogP contribution in [0.3, 0.4) is 0 Å². The third-order valence-electron chi connectivity index (χ3n) is 2.15. The van der Waals surface area contributed by atoms with Crippen LogP contribution in [0.25, 0.3) is 0 Å². The third kappa shape index (κ3) is 1.82. The smallest absolute Gasteiger partial charge is 0.302 e. The topological polar surface area (TPSA) is 17.1 Å². The number of aldehydes is 1. The summed E-state index contributed by atoms with van der Waals surface area (Å²) in [6.07, 6.45) is 1.02. The van der Waals surface area contributed by atoms with Gasteiger partial charge in [0.2, 0.25) is 0 Å². The first-order valence-corrected chi connectivity index (χ1v) is 3.79. The van der Waals surface area contributed by atoms with Gasteiger partial charge in [-0.05, 0) is 6.92 Å². The van der Waals surface area contributed by atoms with E-state index in [2.05, 4.69) is 0 Å². The SMILES string of the molecule is CC1(C=O)C=CC=CC1C(F)(F)F. The van der Waals surface area contributed by atoms with E-state index < -0.39 is 17.5 Å². The van der Waals surface area contributed by atoms with Gasteiger partial charge in [0, 0.05) is 0 Å². The number of hydrogen-bond acceptors (Lipinski definition) is 1. The molecular formula is C9H9F3O. The second-order valence-corrected chi connectivity index (χ2v) is 3.25. The highest BCUT2D eigenvalue weighted by molar-refractivity contribution is 5.64. The number of halogens is 3. The highest BCUT2D eigenvalue weighted by Gasteiger charge is 2.49. The fraction of sp³-hybridized carbons (Fsp3) is 0.444. The second kappa shape index (κ2) is 3.01. The first kappa shape index (κ1) is 10.0. The molecule has 2 atom stereocenters. The van der Waals surface area contributed by atoms with E-state index >= 15 is 0 Å². The molecule has 0 aromatic heterocycles. The van der Waals surface area contributed by atoms with E-state index in [1.807, 2.05) is 0 Å². The van der Waals surface area contributed by atoms with Gasteiger partial charge in [-0.2, -0.15) is 13.2 Å². The lowest BCUT2D eigenvalue weighted by Crippen LogP contribution is -2.37. The number of carbonyl (C=O) groups is 1. The molecule has 72 valence electrons. The zero-order valence-corrected chi connectivity index (χ0v) is 7.01. The molecule has 0 amide bonds. The van der Waals surface area contributed by atoms with E-state index in [9.17, 15) is 18.0 Å². The van der Waals surface area contributed by atoms with Crippen molar-refractivity contribution in [1.29, 1.82) is 0 Å². The number of carbonyl (C=O) groups excluding carboxylic acids is 1. The minimum Gasteiger partial charge on any atom is -0.302 e. The van der Waals surface area contributed by atoms with Gasteiger partial charge in [-0.3, -0.25) is 0 Å². The summed E-state index contributed by atoms with van der Waals surface area (Å²) < 4.78 is 37.1. The van der Waals surface area contributed by atoms with Gasteiger partial charge in [0.25, 0.3) is 0 Å². The lowest BCUT2D eigenvalue weighted by molar-refractivity contribution is -0.182. The third-order valence-corrected chi connectivity index (χ3v) is 2.15. The highest BCUT2D eigenvalue weighted by atomic mass is 19.4. The Morgan fingerprint density at radius 1 is 1.38 bits per heavy atom. The average Bonchev–Trinajstić information content (AvgIpc) is 2.03. The maximum atomic E-state index is 12.4. The lowest BCUT2D eigenvalue weighted by Gasteiger charge is -2.31. The monoisotopic (exact) mass is 190 g/mol. The van der Waals surface area contributed by atoms with Crippen molar-refractivity contribution in [1.82, 2.24) is 0 Å². The normalized spacial score (nSPS) is 33.4. The first-order valence-electron chi connectivity index (χ1n) is 3.79. The van der Waals surface area contributed by atoms with Crippen LogP contribution in [0.1, 0.15) is 6.92 Å². The van der Waals surface area contributed by atoms with E-state index in [0.29, 0.717) is 6.29 Å². The Morgan fingerprint density at radius 2 is 2.00 bits per heavy atom. The zero-order chi connectivity index (χ0) is 10.1. The summed E-state index contributed by atoms with van der Waals surface area (Å²) in [6.45, 7) is 1.28. The largest absolute Gasteiger partial charge is 0.396 e. The molecule has 0 spiro atoms. The molecule has 0 radical (unpaired) electrons. The van der Waals surface area contributed by atoms with E-state index in [-0.39, 0.29) is 0 Å². The van der Waals surface area contributed by atoms with E-state index in [4.69, 9.17) is 0 Å². The van der Waals surface area contributed by atoms with Gasteiger partial charge in [0.1, 0.15) is 6.29 Å². The van der Waals surface area contributed by atoms with Gasteiger partial charge in [0.15, 0.2) is 0 Å². The zero-order valence-electron chi connectivity index (χ0n) is 7.01. The summed E-state index contributed by atoms with van der Waals surface area (Å²) >= 11 is 0. The van der Waals surface area contributed by atoms with Crippen molar-refractivity contribution < 1.29 is 18.0 Å².